The van der Waals surface area contributed by atoms with Crippen molar-refractivity contribution >= 4 is 10.9 Å². The molecule has 1 unspecified atom stereocenters. The van der Waals surface area contributed by atoms with Crippen molar-refractivity contribution in [2.45, 2.75) is 19.4 Å². The summed E-state index contributed by atoms with van der Waals surface area (Å²) < 4.78 is 12.9. The van der Waals surface area contributed by atoms with Gasteiger partial charge in [0.2, 0.25) is 11.8 Å². The van der Waals surface area contributed by atoms with Crippen LogP contribution >= 0.6 is 0 Å². The SMILES string of the molecule is COCCn1cc(C2C(C#N)=C(N)Oc3n[nH]c(C)c32)c2ccccc21. The van der Waals surface area contributed by atoms with Crippen LogP contribution in [-0.2, 0) is 11.3 Å². The number of aromatic nitrogens is 3. The van der Waals surface area contributed by atoms with Crippen LogP contribution in [-0.4, -0.2) is 28.5 Å². The molecule has 0 aliphatic carbocycles. The third-order valence-electron chi connectivity index (χ3n) is 4.80. The Balaban J connectivity index is 1.97. The van der Waals surface area contributed by atoms with E-state index in [0.717, 1.165) is 34.3 Å². The number of para-hydroxylation sites is 1. The van der Waals surface area contributed by atoms with Crippen molar-refractivity contribution in [3.8, 4) is 11.9 Å². The first-order valence-electron chi connectivity index (χ1n) is 8.34. The summed E-state index contributed by atoms with van der Waals surface area (Å²) in [6, 6.07) is 10.4. The topological polar surface area (TPSA) is 102 Å². The van der Waals surface area contributed by atoms with Gasteiger partial charge in [0.15, 0.2) is 0 Å². The zero-order valence-corrected chi connectivity index (χ0v) is 14.6. The molecule has 4 rings (SSSR count). The molecule has 2 aromatic heterocycles. The summed E-state index contributed by atoms with van der Waals surface area (Å²) in [5, 5.41) is 17.9. The summed E-state index contributed by atoms with van der Waals surface area (Å²) >= 11 is 0. The van der Waals surface area contributed by atoms with E-state index in [0.29, 0.717) is 18.1 Å². The number of aryl methyl sites for hydroxylation is 1. The molecule has 0 saturated carbocycles. The van der Waals surface area contributed by atoms with Crippen LogP contribution in [0, 0.1) is 18.3 Å². The number of nitrogens with two attached hydrogens (primary N) is 1. The Bertz CT molecular complexity index is 1050. The highest BCUT2D eigenvalue weighted by Gasteiger charge is 2.35. The summed E-state index contributed by atoms with van der Waals surface area (Å²) in [6.45, 7) is 3.24. The molecule has 7 nitrogen and oxygen atoms in total. The Morgan fingerprint density at radius 3 is 3.00 bits per heavy atom. The molecule has 0 fully saturated rings. The number of ether oxygens (including phenoxy) is 2. The average molecular weight is 349 g/mol. The van der Waals surface area contributed by atoms with Crippen LogP contribution in [0.1, 0.15) is 22.7 Å². The number of hydrogen-bond acceptors (Lipinski definition) is 5. The number of hydrogen-bond donors (Lipinski definition) is 2. The van der Waals surface area contributed by atoms with Gasteiger partial charge in [0.05, 0.1) is 12.5 Å². The van der Waals surface area contributed by atoms with E-state index in [1.807, 2.05) is 19.1 Å². The molecule has 26 heavy (non-hydrogen) atoms. The van der Waals surface area contributed by atoms with Gasteiger partial charge < -0.3 is 19.8 Å². The van der Waals surface area contributed by atoms with Gasteiger partial charge in [0.1, 0.15) is 11.6 Å². The Labute approximate surface area is 150 Å². The monoisotopic (exact) mass is 349 g/mol. The minimum atomic E-state index is -0.323. The molecule has 0 amide bonds. The summed E-state index contributed by atoms with van der Waals surface area (Å²) in [7, 11) is 1.68. The minimum Gasteiger partial charge on any atom is -0.420 e. The first kappa shape index (κ1) is 16.2. The fourth-order valence-electron chi connectivity index (χ4n) is 3.59. The molecular weight excluding hydrogens is 330 g/mol. The van der Waals surface area contributed by atoms with E-state index < -0.39 is 0 Å². The van der Waals surface area contributed by atoms with Gasteiger partial charge in [0.25, 0.3) is 0 Å². The van der Waals surface area contributed by atoms with Crippen LogP contribution < -0.4 is 10.5 Å². The maximum Gasteiger partial charge on any atom is 0.244 e. The Morgan fingerprint density at radius 1 is 1.42 bits per heavy atom. The molecule has 0 saturated heterocycles. The van der Waals surface area contributed by atoms with Crippen LogP contribution in [0.4, 0.5) is 0 Å². The van der Waals surface area contributed by atoms with Crippen molar-refractivity contribution in [1.82, 2.24) is 14.8 Å². The molecule has 1 aliphatic heterocycles. The van der Waals surface area contributed by atoms with E-state index in [1.54, 1.807) is 7.11 Å². The van der Waals surface area contributed by atoms with Crippen LogP contribution in [0.5, 0.6) is 5.88 Å². The van der Waals surface area contributed by atoms with E-state index in [2.05, 4.69) is 39.2 Å². The first-order valence-corrected chi connectivity index (χ1v) is 8.34. The fourth-order valence-corrected chi connectivity index (χ4v) is 3.59. The average Bonchev–Trinajstić information content (AvgIpc) is 3.20. The second kappa shape index (κ2) is 6.24. The maximum atomic E-state index is 9.74. The van der Waals surface area contributed by atoms with E-state index in [9.17, 15) is 5.26 Å². The van der Waals surface area contributed by atoms with Crippen molar-refractivity contribution in [1.29, 1.82) is 5.26 Å². The zero-order chi connectivity index (χ0) is 18.3. The van der Waals surface area contributed by atoms with Crippen molar-refractivity contribution in [2.75, 3.05) is 13.7 Å². The molecular formula is C19H19N5O2. The molecule has 0 radical (unpaired) electrons. The van der Waals surface area contributed by atoms with E-state index in [-0.39, 0.29) is 11.8 Å². The van der Waals surface area contributed by atoms with Gasteiger partial charge in [-0.1, -0.05) is 18.2 Å². The number of allylic oxidation sites excluding steroid dienone is 1. The third kappa shape index (κ3) is 2.35. The molecule has 132 valence electrons. The second-order valence-corrected chi connectivity index (χ2v) is 6.28. The number of nitrogens with zero attached hydrogens (tertiary/aromatic N) is 3. The smallest absolute Gasteiger partial charge is 0.244 e. The number of methoxy groups -OCH3 is 1. The summed E-state index contributed by atoms with van der Waals surface area (Å²) in [5.41, 5.74) is 10.2. The van der Waals surface area contributed by atoms with Gasteiger partial charge in [-0.25, -0.2) is 0 Å². The minimum absolute atomic E-state index is 0.102. The number of nitriles is 1. The van der Waals surface area contributed by atoms with Crippen molar-refractivity contribution in [3.05, 3.63) is 58.7 Å². The van der Waals surface area contributed by atoms with E-state index in [4.69, 9.17) is 15.2 Å². The fraction of sp³-hybridized carbons (Fsp3) is 0.263. The summed E-state index contributed by atoms with van der Waals surface area (Å²) in [5.74, 6) is 0.208. The highest BCUT2D eigenvalue weighted by atomic mass is 16.5. The van der Waals surface area contributed by atoms with E-state index in [1.165, 1.54) is 0 Å². The molecule has 3 aromatic rings. The Hall–Kier alpha value is -3.24. The van der Waals surface area contributed by atoms with E-state index >= 15 is 0 Å². The molecule has 3 heterocycles. The lowest BCUT2D eigenvalue weighted by Gasteiger charge is -2.23. The lowest BCUT2D eigenvalue weighted by Crippen LogP contribution is -2.21. The predicted octanol–water partition coefficient (Wildman–Crippen LogP) is 2.54. The first-order chi connectivity index (χ1) is 12.7. The molecule has 1 atom stereocenters. The standard InChI is InChI=1S/C19H19N5O2/c1-11-16-17(13(9-20)18(21)26-19(16)23-22-11)14-10-24(7-8-25-2)15-6-4-3-5-12(14)15/h3-6,10,17H,7-8,21H2,1-2H3,(H,22,23). The Kier molecular flexibility index (Phi) is 3.90. The van der Waals surface area contributed by atoms with Gasteiger partial charge in [-0.2, -0.15) is 5.26 Å². The van der Waals surface area contributed by atoms with Crippen molar-refractivity contribution < 1.29 is 9.47 Å². The largest absolute Gasteiger partial charge is 0.420 e. The van der Waals surface area contributed by atoms with Gasteiger partial charge in [-0.3, -0.25) is 5.10 Å². The number of nitrogens with one attached hydrogen (secondary N) is 1. The Morgan fingerprint density at radius 2 is 2.23 bits per heavy atom. The molecule has 7 heteroatoms. The lowest BCUT2D eigenvalue weighted by atomic mass is 9.84. The molecule has 1 aliphatic rings. The molecule has 1 aromatic carbocycles. The number of fused-ring (bicyclic) bond motifs is 2. The third-order valence-corrected chi connectivity index (χ3v) is 4.80. The van der Waals surface area contributed by atoms with Crippen molar-refractivity contribution in [3.63, 3.8) is 0 Å². The zero-order valence-electron chi connectivity index (χ0n) is 14.6. The van der Waals surface area contributed by atoms with Gasteiger partial charge in [-0.15, -0.1) is 5.10 Å². The number of rotatable bonds is 4. The number of H-pyrrole nitrogens is 1. The van der Waals surface area contributed by atoms with Crippen molar-refractivity contribution in [2.24, 2.45) is 5.73 Å². The van der Waals surface area contributed by atoms with Crippen LogP contribution in [0.15, 0.2) is 41.9 Å². The highest BCUT2D eigenvalue weighted by Crippen LogP contribution is 2.45. The van der Waals surface area contributed by atoms with Crippen LogP contribution in [0.3, 0.4) is 0 Å². The predicted molar refractivity (Wildman–Crippen MR) is 96.4 cm³/mol. The maximum absolute atomic E-state index is 9.74. The molecule has 0 spiro atoms. The van der Waals surface area contributed by atoms with Gasteiger partial charge >= 0.3 is 0 Å². The number of benzene rings is 1. The summed E-state index contributed by atoms with van der Waals surface area (Å²) in [4.78, 5) is 0. The summed E-state index contributed by atoms with van der Waals surface area (Å²) in [6.07, 6.45) is 2.07. The molecule has 0 bridgehead atoms. The highest BCUT2D eigenvalue weighted by molar-refractivity contribution is 5.86. The van der Waals surface area contributed by atoms with Crippen LogP contribution in [0.2, 0.25) is 0 Å². The number of aromatic amines is 1. The van der Waals surface area contributed by atoms with Gasteiger partial charge in [-0.05, 0) is 18.6 Å². The second-order valence-electron chi connectivity index (χ2n) is 6.28. The quantitative estimate of drug-likeness (QED) is 0.753. The lowest BCUT2D eigenvalue weighted by molar-refractivity contribution is 0.188. The van der Waals surface area contributed by atoms with Crippen LogP contribution in [0.25, 0.3) is 10.9 Å². The van der Waals surface area contributed by atoms with Gasteiger partial charge in [0, 0.05) is 42.0 Å². The molecule has 3 N–H and O–H groups in total. The normalized spacial score (nSPS) is 16.4.